The second-order valence-corrected chi connectivity index (χ2v) is 10.7. The van der Waals surface area contributed by atoms with Gasteiger partial charge in [0.15, 0.2) is 0 Å². The molecular formula is C31H27F4NO3. The van der Waals surface area contributed by atoms with E-state index in [9.17, 15) is 27.2 Å². The Labute approximate surface area is 223 Å². The Morgan fingerprint density at radius 1 is 0.872 bits per heavy atom. The van der Waals surface area contributed by atoms with Crippen molar-refractivity contribution in [3.05, 3.63) is 94.8 Å². The molecule has 0 aromatic heterocycles. The third-order valence-corrected chi connectivity index (χ3v) is 8.47. The van der Waals surface area contributed by atoms with Crippen molar-refractivity contribution in [2.75, 3.05) is 6.61 Å². The molecule has 2 aliphatic heterocycles. The lowest BCUT2D eigenvalue weighted by Gasteiger charge is -2.38. The highest BCUT2D eigenvalue weighted by atomic mass is 19.4. The first-order valence-electron chi connectivity index (χ1n) is 13.2. The quantitative estimate of drug-likeness (QED) is 0.325. The lowest BCUT2D eigenvalue weighted by atomic mass is 9.84. The van der Waals surface area contributed by atoms with E-state index in [2.05, 4.69) is 24.3 Å². The first-order valence-corrected chi connectivity index (χ1v) is 13.2. The number of halogens is 4. The van der Waals surface area contributed by atoms with E-state index in [1.807, 2.05) is 24.3 Å². The molecule has 3 aliphatic rings. The Morgan fingerprint density at radius 3 is 2.05 bits per heavy atom. The molecule has 2 heterocycles. The molecule has 4 nitrogen and oxygen atoms in total. The molecule has 2 bridgehead atoms. The van der Waals surface area contributed by atoms with Gasteiger partial charge in [-0.2, -0.15) is 13.2 Å². The smallest absolute Gasteiger partial charge is 0.416 e. The number of ether oxygens (including phenoxy) is 1. The van der Waals surface area contributed by atoms with Gasteiger partial charge >= 0.3 is 12.3 Å². The lowest BCUT2D eigenvalue weighted by Crippen LogP contribution is -2.48. The minimum atomic E-state index is -4.67. The van der Waals surface area contributed by atoms with E-state index < -0.39 is 36.0 Å². The van der Waals surface area contributed by atoms with Gasteiger partial charge in [0.1, 0.15) is 18.2 Å². The van der Waals surface area contributed by atoms with Gasteiger partial charge in [0, 0.05) is 30.3 Å². The monoisotopic (exact) mass is 537 g/mol. The Kier molecular flexibility index (Phi) is 6.44. The molecule has 3 aromatic carbocycles. The molecule has 0 radical (unpaired) electrons. The molecule has 6 rings (SSSR count). The fourth-order valence-electron chi connectivity index (χ4n) is 6.72. The van der Waals surface area contributed by atoms with Crippen molar-refractivity contribution in [3.8, 4) is 11.1 Å². The van der Waals surface area contributed by atoms with Gasteiger partial charge in [-0.05, 0) is 71.7 Å². The van der Waals surface area contributed by atoms with Crippen LogP contribution < -0.4 is 0 Å². The van der Waals surface area contributed by atoms with Crippen molar-refractivity contribution in [2.24, 2.45) is 5.92 Å². The maximum Gasteiger partial charge on any atom is 0.416 e. The number of carbonyl (C=O) groups excluding carboxylic acids is 2. The van der Waals surface area contributed by atoms with Crippen LogP contribution in [0.4, 0.5) is 22.4 Å². The summed E-state index contributed by atoms with van der Waals surface area (Å²) in [6.07, 6.45) is -3.40. The van der Waals surface area contributed by atoms with Gasteiger partial charge in [-0.3, -0.25) is 4.79 Å². The van der Waals surface area contributed by atoms with E-state index in [-0.39, 0.29) is 36.0 Å². The Morgan fingerprint density at radius 2 is 1.46 bits per heavy atom. The normalized spacial score (nSPS) is 21.9. The van der Waals surface area contributed by atoms with E-state index in [1.165, 1.54) is 0 Å². The lowest BCUT2D eigenvalue weighted by molar-refractivity contribution is -0.138. The first-order chi connectivity index (χ1) is 18.7. The molecule has 0 saturated carbocycles. The van der Waals surface area contributed by atoms with Crippen LogP contribution in [0.5, 0.6) is 0 Å². The summed E-state index contributed by atoms with van der Waals surface area (Å²) in [7, 11) is 0. The summed E-state index contributed by atoms with van der Waals surface area (Å²) in [5.74, 6) is -1.71. The van der Waals surface area contributed by atoms with Crippen LogP contribution in [0, 0.1) is 11.7 Å². The number of rotatable bonds is 5. The number of Topliss-reactive ketones (excluding diaryl/α,β-unsaturated/α-hetero) is 1. The van der Waals surface area contributed by atoms with E-state index in [1.54, 1.807) is 4.90 Å². The standard InChI is InChI=1S/C31H27F4NO3/c32-20-9-12-28(31(33,34)35)18(13-20)16-29(37)19-14-21-10-11-22(15-19)36(21)30(38)39-17-27-25-7-3-1-5-23(25)24-6-2-4-8-26(24)27/h1-9,12-13,19,21-22,27H,10-11,14-17H2. The largest absolute Gasteiger partial charge is 0.448 e. The highest BCUT2D eigenvalue weighted by Gasteiger charge is 2.46. The molecule has 2 unspecified atom stereocenters. The predicted molar refractivity (Wildman–Crippen MR) is 137 cm³/mol. The Hall–Kier alpha value is -3.68. The molecule has 2 saturated heterocycles. The number of fused-ring (bicyclic) bond motifs is 5. The number of nitrogens with zero attached hydrogens (tertiary/aromatic N) is 1. The highest BCUT2D eigenvalue weighted by molar-refractivity contribution is 5.84. The van der Waals surface area contributed by atoms with Gasteiger partial charge in [-0.25, -0.2) is 9.18 Å². The van der Waals surface area contributed by atoms with Gasteiger partial charge < -0.3 is 9.64 Å². The maximum atomic E-state index is 13.7. The summed E-state index contributed by atoms with van der Waals surface area (Å²) in [5, 5.41) is 0. The Bertz CT molecular complexity index is 1380. The van der Waals surface area contributed by atoms with E-state index in [4.69, 9.17) is 4.74 Å². The zero-order chi connectivity index (χ0) is 27.3. The third-order valence-electron chi connectivity index (χ3n) is 8.47. The van der Waals surface area contributed by atoms with Crippen LogP contribution in [-0.4, -0.2) is 35.5 Å². The number of alkyl halides is 3. The van der Waals surface area contributed by atoms with Crippen molar-refractivity contribution in [2.45, 2.75) is 56.3 Å². The van der Waals surface area contributed by atoms with Gasteiger partial charge in [-0.15, -0.1) is 0 Å². The number of carbonyl (C=O) groups is 2. The summed E-state index contributed by atoms with van der Waals surface area (Å²) in [4.78, 5) is 28.0. The highest BCUT2D eigenvalue weighted by Crippen LogP contribution is 2.45. The summed E-state index contributed by atoms with van der Waals surface area (Å²) >= 11 is 0. The topological polar surface area (TPSA) is 46.6 Å². The number of amides is 1. The summed E-state index contributed by atoms with van der Waals surface area (Å²) in [6.45, 7) is 0.199. The van der Waals surface area contributed by atoms with Crippen LogP contribution >= 0.6 is 0 Å². The van der Waals surface area contributed by atoms with Crippen LogP contribution in [0.1, 0.15) is 53.9 Å². The summed E-state index contributed by atoms with van der Waals surface area (Å²) in [5.41, 5.74) is 3.18. The molecule has 39 heavy (non-hydrogen) atoms. The zero-order valence-corrected chi connectivity index (χ0v) is 21.1. The molecule has 0 N–H and O–H groups in total. The van der Waals surface area contributed by atoms with Crippen LogP contribution in [0.2, 0.25) is 0 Å². The number of hydrogen-bond donors (Lipinski definition) is 0. The summed E-state index contributed by atoms with van der Waals surface area (Å²) in [6, 6.07) is 18.0. The second kappa shape index (κ2) is 9.81. The van der Waals surface area contributed by atoms with Crippen LogP contribution in [0.25, 0.3) is 11.1 Å². The van der Waals surface area contributed by atoms with Gasteiger partial charge in [0.05, 0.1) is 5.56 Å². The molecule has 1 aliphatic carbocycles. The van der Waals surface area contributed by atoms with Crippen molar-refractivity contribution in [1.82, 2.24) is 4.90 Å². The van der Waals surface area contributed by atoms with Crippen molar-refractivity contribution < 1.29 is 31.9 Å². The predicted octanol–water partition coefficient (Wildman–Crippen LogP) is 7.15. The van der Waals surface area contributed by atoms with Crippen molar-refractivity contribution >= 4 is 11.9 Å². The molecule has 8 heteroatoms. The Balaban J connectivity index is 1.12. The zero-order valence-electron chi connectivity index (χ0n) is 21.1. The number of benzene rings is 3. The molecule has 2 atom stereocenters. The fourth-order valence-corrected chi connectivity index (χ4v) is 6.72. The summed E-state index contributed by atoms with van der Waals surface area (Å²) < 4.78 is 59.8. The number of ketones is 1. The minimum absolute atomic E-state index is 0.0628. The fraction of sp³-hybridized carbons (Fsp3) is 0.355. The number of hydrogen-bond acceptors (Lipinski definition) is 3. The SMILES string of the molecule is O=C(Cc1cc(F)ccc1C(F)(F)F)C1CC2CCC(C1)N2C(=O)OCC1c2ccccc2-c2ccccc21. The van der Waals surface area contributed by atoms with Gasteiger partial charge in [-0.1, -0.05) is 48.5 Å². The van der Waals surface area contributed by atoms with E-state index in [0.29, 0.717) is 31.7 Å². The molecule has 2 fully saturated rings. The van der Waals surface area contributed by atoms with Crippen LogP contribution in [0.3, 0.4) is 0 Å². The molecule has 3 aromatic rings. The van der Waals surface area contributed by atoms with E-state index >= 15 is 0 Å². The van der Waals surface area contributed by atoms with Crippen LogP contribution in [0.15, 0.2) is 66.7 Å². The number of piperidine rings is 1. The molecule has 1 amide bonds. The van der Waals surface area contributed by atoms with Gasteiger partial charge in [0.2, 0.25) is 0 Å². The molecule has 202 valence electrons. The average Bonchev–Trinajstić information content (AvgIpc) is 3.37. The molecular weight excluding hydrogens is 510 g/mol. The van der Waals surface area contributed by atoms with Crippen molar-refractivity contribution in [1.29, 1.82) is 0 Å². The third kappa shape index (κ3) is 4.70. The molecule has 0 spiro atoms. The minimum Gasteiger partial charge on any atom is -0.448 e. The van der Waals surface area contributed by atoms with Crippen molar-refractivity contribution in [3.63, 3.8) is 0 Å². The van der Waals surface area contributed by atoms with E-state index in [0.717, 1.165) is 34.4 Å². The first kappa shape index (κ1) is 25.6. The average molecular weight is 538 g/mol. The second-order valence-electron chi connectivity index (χ2n) is 10.7. The van der Waals surface area contributed by atoms with Gasteiger partial charge in [0.25, 0.3) is 0 Å². The van der Waals surface area contributed by atoms with Crippen LogP contribution in [-0.2, 0) is 22.1 Å². The maximum absolute atomic E-state index is 13.7.